The maximum atomic E-state index is 11.9. The van der Waals surface area contributed by atoms with Gasteiger partial charge in [0.2, 0.25) is 11.8 Å². The van der Waals surface area contributed by atoms with Crippen LogP contribution in [0, 0.1) is 0 Å². The number of carbonyl (C=O) groups excluding carboxylic acids is 3. The van der Waals surface area contributed by atoms with Gasteiger partial charge in [-0.2, -0.15) is 0 Å². The number of amides is 3. The third-order valence-corrected chi connectivity index (χ3v) is 3.49. The maximum Gasteiger partial charge on any atom is 0.271 e. The molecule has 3 amide bonds. The normalized spacial score (nSPS) is 10.3. The Morgan fingerprint density at radius 3 is 2.29 bits per heavy atom. The second-order valence-electron chi connectivity index (χ2n) is 4.12. The zero-order chi connectivity index (χ0) is 15.4. The topological polar surface area (TPSA) is 128 Å². The van der Waals surface area contributed by atoms with Crippen LogP contribution in [0.3, 0.4) is 0 Å². The highest BCUT2D eigenvalue weighted by Crippen LogP contribution is 2.23. The second-order valence-corrected chi connectivity index (χ2v) is 4.97. The number of carbonyl (C=O) groups is 3. The average molecular weight is 304 g/mol. The van der Waals surface area contributed by atoms with Crippen LogP contribution in [0.25, 0.3) is 10.6 Å². The van der Waals surface area contributed by atoms with E-state index in [0.717, 1.165) is 5.56 Å². The van der Waals surface area contributed by atoms with E-state index in [2.05, 4.69) is 10.3 Å². The molecule has 0 spiro atoms. The second kappa shape index (κ2) is 6.14. The van der Waals surface area contributed by atoms with Gasteiger partial charge in [0.1, 0.15) is 10.7 Å². The Morgan fingerprint density at radius 1 is 1.10 bits per heavy atom. The summed E-state index contributed by atoms with van der Waals surface area (Å²) in [4.78, 5) is 38.1. The number of thiazole rings is 1. The fourth-order valence-corrected chi connectivity index (χ4v) is 2.39. The molecule has 1 heterocycles. The summed E-state index contributed by atoms with van der Waals surface area (Å²) in [6, 6.07) is 7.74. The molecule has 21 heavy (non-hydrogen) atoms. The van der Waals surface area contributed by atoms with Crippen molar-refractivity contribution >= 4 is 29.1 Å². The van der Waals surface area contributed by atoms with Gasteiger partial charge in [-0.15, -0.1) is 11.3 Å². The average Bonchev–Trinajstić information content (AvgIpc) is 2.94. The van der Waals surface area contributed by atoms with Crippen LogP contribution < -0.4 is 16.8 Å². The number of nitrogens with one attached hydrogen (secondary N) is 1. The van der Waals surface area contributed by atoms with Crippen LogP contribution in [0.5, 0.6) is 0 Å². The first kappa shape index (κ1) is 14.7. The Morgan fingerprint density at radius 2 is 1.71 bits per heavy atom. The van der Waals surface area contributed by atoms with Crippen LogP contribution in [-0.4, -0.2) is 28.7 Å². The van der Waals surface area contributed by atoms with Crippen LogP contribution in [0.1, 0.15) is 10.5 Å². The van der Waals surface area contributed by atoms with E-state index in [1.807, 2.05) is 30.3 Å². The van der Waals surface area contributed by atoms with Crippen molar-refractivity contribution in [3.63, 3.8) is 0 Å². The van der Waals surface area contributed by atoms with Gasteiger partial charge < -0.3 is 16.8 Å². The largest absolute Gasteiger partial charge is 0.367 e. The highest BCUT2D eigenvalue weighted by atomic mass is 32.1. The maximum absolute atomic E-state index is 11.9. The fourth-order valence-electron chi connectivity index (χ4n) is 1.58. The van der Waals surface area contributed by atoms with E-state index in [1.165, 1.54) is 16.7 Å². The molecule has 0 aliphatic rings. The molecule has 2 rings (SSSR count). The van der Waals surface area contributed by atoms with Gasteiger partial charge in [-0.3, -0.25) is 14.4 Å². The molecular formula is C13H12N4O3S. The lowest BCUT2D eigenvalue weighted by Gasteiger charge is -2.10. The molecule has 0 radical (unpaired) electrons. The Kier molecular flexibility index (Phi) is 4.29. The first-order chi connectivity index (χ1) is 9.99. The van der Waals surface area contributed by atoms with Crippen LogP contribution in [0.2, 0.25) is 0 Å². The van der Waals surface area contributed by atoms with Crippen molar-refractivity contribution in [1.82, 2.24) is 10.3 Å². The van der Waals surface area contributed by atoms with E-state index in [9.17, 15) is 14.4 Å². The van der Waals surface area contributed by atoms with Crippen LogP contribution in [-0.2, 0) is 9.59 Å². The summed E-state index contributed by atoms with van der Waals surface area (Å²) >= 11 is 1.27. The molecule has 2 aromatic rings. The van der Waals surface area contributed by atoms with Crippen molar-refractivity contribution in [1.29, 1.82) is 0 Å². The summed E-state index contributed by atoms with van der Waals surface area (Å²) in [5.41, 5.74) is 10.9. The Bertz CT molecular complexity index is 670. The lowest BCUT2D eigenvalue weighted by Crippen LogP contribution is -2.52. The third-order valence-electron chi connectivity index (χ3n) is 2.60. The van der Waals surface area contributed by atoms with E-state index >= 15 is 0 Å². The van der Waals surface area contributed by atoms with Crippen molar-refractivity contribution in [2.75, 3.05) is 0 Å². The van der Waals surface area contributed by atoms with Gasteiger partial charge in [0.25, 0.3) is 5.91 Å². The summed E-state index contributed by atoms with van der Waals surface area (Å²) < 4.78 is 0. The Labute approximate surface area is 124 Å². The molecule has 0 bridgehead atoms. The summed E-state index contributed by atoms with van der Waals surface area (Å²) in [5, 5.41) is 4.33. The standard InChI is InChI=1S/C13H12N4O3S/c14-10(18)9(11(15)19)17-12(20)8-6-21-13(16-8)7-4-2-1-3-5-7/h1-6,9H,(H2,14,18)(H2,15,19)(H,17,20). The molecule has 0 aliphatic carbocycles. The summed E-state index contributed by atoms with van der Waals surface area (Å²) in [6.45, 7) is 0. The summed E-state index contributed by atoms with van der Waals surface area (Å²) in [7, 11) is 0. The SMILES string of the molecule is NC(=O)C(NC(=O)c1csc(-c2ccccc2)n1)C(N)=O. The van der Waals surface area contributed by atoms with E-state index in [0.29, 0.717) is 5.01 Å². The molecule has 8 heteroatoms. The monoisotopic (exact) mass is 304 g/mol. The zero-order valence-electron chi connectivity index (χ0n) is 10.8. The molecule has 0 saturated heterocycles. The number of hydrogen-bond donors (Lipinski definition) is 3. The number of rotatable bonds is 5. The predicted molar refractivity (Wildman–Crippen MR) is 77.2 cm³/mol. The smallest absolute Gasteiger partial charge is 0.271 e. The third kappa shape index (κ3) is 3.42. The lowest BCUT2D eigenvalue weighted by molar-refractivity contribution is -0.128. The molecule has 0 atom stereocenters. The van der Waals surface area contributed by atoms with E-state index in [-0.39, 0.29) is 5.69 Å². The predicted octanol–water partition coefficient (Wildman–Crippen LogP) is -0.121. The molecule has 5 N–H and O–H groups in total. The van der Waals surface area contributed by atoms with E-state index in [1.54, 1.807) is 0 Å². The number of aromatic nitrogens is 1. The van der Waals surface area contributed by atoms with E-state index in [4.69, 9.17) is 11.5 Å². The number of nitrogens with zero attached hydrogens (tertiary/aromatic N) is 1. The van der Waals surface area contributed by atoms with Gasteiger partial charge in [-0.25, -0.2) is 4.98 Å². The molecule has 1 aromatic carbocycles. The molecule has 108 valence electrons. The Balaban J connectivity index is 2.16. The van der Waals surface area contributed by atoms with Gasteiger partial charge >= 0.3 is 0 Å². The molecular weight excluding hydrogens is 292 g/mol. The van der Waals surface area contributed by atoms with Gasteiger partial charge in [-0.1, -0.05) is 30.3 Å². The number of primary amides is 2. The number of benzene rings is 1. The van der Waals surface area contributed by atoms with Crippen LogP contribution >= 0.6 is 11.3 Å². The molecule has 7 nitrogen and oxygen atoms in total. The number of nitrogens with two attached hydrogens (primary N) is 2. The molecule has 0 saturated carbocycles. The molecule has 0 fully saturated rings. The fraction of sp³-hybridized carbons (Fsp3) is 0.0769. The quantitative estimate of drug-likeness (QED) is 0.665. The van der Waals surface area contributed by atoms with Gasteiger partial charge in [0.05, 0.1) is 0 Å². The molecule has 0 aliphatic heterocycles. The van der Waals surface area contributed by atoms with Crippen molar-refractivity contribution < 1.29 is 14.4 Å². The first-order valence-corrected chi connectivity index (χ1v) is 6.77. The summed E-state index contributed by atoms with van der Waals surface area (Å²) in [6.07, 6.45) is 0. The van der Waals surface area contributed by atoms with Crippen LogP contribution in [0.15, 0.2) is 35.7 Å². The minimum Gasteiger partial charge on any atom is -0.367 e. The lowest BCUT2D eigenvalue weighted by atomic mass is 10.2. The zero-order valence-corrected chi connectivity index (χ0v) is 11.6. The van der Waals surface area contributed by atoms with E-state index < -0.39 is 23.8 Å². The first-order valence-electron chi connectivity index (χ1n) is 5.89. The molecule has 1 aromatic heterocycles. The van der Waals surface area contributed by atoms with Crippen LogP contribution in [0.4, 0.5) is 0 Å². The minimum absolute atomic E-state index is 0.0892. The minimum atomic E-state index is -1.56. The van der Waals surface area contributed by atoms with Crippen molar-refractivity contribution in [3.8, 4) is 10.6 Å². The number of hydrogen-bond acceptors (Lipinski definition) is 5. The van der Waals surface area contributed by atoms with Crippen molar-refractivity contribution in [3.05, 3.63) is 41.4 Å². The molecule has 0 unspecified atom stereocenters. The van der Waals surface area contributed by atoms with Gasteiger partial charge in [-0.05, 0) is 0 Å². The summed E-state index contributed by atoms with van der Waals surface area (Å²) in [5.74, 6) is -2.72. The highest BCUT2D eigenvalue weighted by Gasteiger charge is 2.25. The van der Waals surface area contributed by atoms with Gasteiger partial charge in [0.15, 0.2) is 6.04 Å². The Hall–Kier alpha value is -2.74. The van der Waals surface area contributed by atoms with Gasteiger partial charge in [0, 0.05) is 10.9 Å². The van der Waals surface area contributed by atoms with Crippen molar-refractivity contribution in [2.45, 2.75) is 6.04 Å². The highest BCUT2D eigenvalue weighted by molar-refractivity contribution is 7.13. The van der Waals surface area contributed by atoms with Crippen molar-refractivity contribution in [2.24, 2.45) is 11.5 Å².